The fourth-order valence-corrected chi connectivity index (χ4v) is 3.41. The topological polar surface area (TPSA) is 96.4 Å². The lowest BCUT2D eigenvalue weighted by Gasteiger charge is -2.15. The molecule has 0 aliphatic carbocycles. The van der Waals surface area contributed by atoms with Gasteiger partial charge in [-0.2, -0.15) is 0 Å². The maximum atomic E-state index is 12.4. The van der Waals surface area contributed by atoms with E-state index < -0.39 is 5.91 Å². The van der Waals surface area contributed by atoms with Gasteiger partial charge < -0.3 is 10.1 Å². The van der Waals surface area contributed by atoms with Gasteiger partial charge in [-0.3, -0.25) is 15.0 Å². The van der Waals surface area contributed by atoms with Gasteiger partial charge in [0, 0.05) is 36.1 Å². The number of nitrogens with zero attached hydrogens (tertiary/aromatic N) is 2. The number of pyridine rings is 2. The molecular weight excluding hydrogens is 380 g/mol. The molecule has 0 aliphatic heterocycles. The van der Waals surface area contributed by atoms with Crippen LogP contribution in [0.3, 0.4) is 0 Å². The number of carbonyl (C=O) groups is 1. The molecule has 4 aromatic rings. The van der Waals surface area contributed by atoms with Gasteiger partial charge in [0.05, 0.1) is 18.2 Å². The van der Waals surface area contributed by atoms with Gasteiger partial charge in [-0.15, -0.1) is 0 Å². The number of hydrogen-bond donors (Lipinski definition) is 3. The van der Waals surface area contributed by atoms with Crippen molar-refractivity contribution < 1.29 is 14.7 Å². The van der Waals surface area contributed by atoms with E-state index in [0.717, 1.165) is 22.4 Å². The normalized spacial score (nSPS) is 10.6. The van der Waals surface area contributed by atoms with Crippen molar-refractivity contribution >= 4 is 22.5 Å². The Hall–Kier alpha value is -3.97. The van der Waals surface area contributed by atoms with Crippen LogP contribution < -0.4 is 15.5 Å². The number of anilines is 1. The molecule has 2 heterocycles. The number of ether oxygens (including phenoxy) is 1. The van der Waals surface area contributed by atoms with Crippen molar-refractivity contribution in [3.8, 4) is 28.1 Å². The summed E-state index contributed by atoms with van der Waals surface area (Å²) in [4.78, 5) is 21.1. The third kappa shape index (κ3) is 3.42. The number of methoxy groups -OCH3 is 1. The molecule has 0 unspecified atom stereocenters. The van der Waals surface area contributed by atoms with Gasteiger partial charge >= 0.3 is 0 Å². The molecule has 2 aromatic carbocycles. The highest BCUT2D eigenvalue weighted by Crippen LogP contribution is 2.36. The number of nitrogens with one attached hydrogen (secondary N) is 2. The molecule has 0 radical (unpaired) electrons. The fourth-order valence-electron chi connectivity index (χ4n) is 3.41. The van der Waals surface area contributed by atoms with Crippen LogP contribution in [0.5, 0.6) is 5.75 Å². The third-order valence-electron chi connectivity index (χ3n) is 4.94. The van der Waals surface area contributed by atoms with Crippen molar-refractivity contribution in [2.45, 2.75) is 0 Å². The number of fused-ring (bicyclic) bond motifs is 1. The van der Waals surface area contributed by atoms with Gasteiger partial charge in [-0.05, 0) is 29.3 Å². The minimum Gasteiger partial charge on any atom is -0.494 e. The van der Waals surface area contributed by atoms with E-state index >= 15 is 0 Å². The number of hydroxylamine groups is 1. The summed E-state index contributed by atoms with van der Waals surface area (Å²) in [6.07, 6.45) is 3.13. The Morgan fingerprint density at radius 1 is 0.967 bits per heavy atom. The second-order valence-electron chi connectivity index (χ2n) is 6.61. The van der Waals surface area contributed by atoms with Gasteiger partial charge in [-0.1, -0.05) is 36.4 Å². The minimum atomic E-state index is -0.685. The van der Waals surface area contributed by atoms with E-state index in [1.165, 1.54) is 13.3 Å². The van der Waals surface area contributed by atoms with Gasteiger partial charge in [0.2, 0.25) is 0 Å². The van der Waals surface area contributed by atoms with E-state index in [1.54, 1.807) is 17.7 Å². The smallest absolute Gasteiger partial charge is 0.279 e. The second kappa shape index (κ2) is 8.18. The van der Waals surface area contributed by atoms with Crippen LogP contribution >= 0.6 is 0 Å². The Morgan fingerprint density at radius 3 is 2.20 bits per heavy atom. The predicted molar refractivity (Wildman–Crippen MR) is 116 cm³/mol. The summed E-state index contributed by atoms with van der Waals surface area (Å²) in [5.41, 5.74) is 6.92. The molecule has 2 aromatic heterocycles. The Morgan fingerprint density at radius 2 is 1.60 bits per heavy atom. The van der Waals surface area contributed by atoms with E-state index in [9.17, 15) is 10.0 Å². The summed E-state index contributed by atoms with van der Waals surface area (Å²) in [6.45, 7) is 0. The molecule has 0 atom stereocenters. The summed E-state index contributed by atoms with van der Waals surface area (Å²) in [5.74, 6) is -0.414. The molecule has 0 fully saturated rings. The van der Waals surface area contributed by atoms with Gasteiger partial charge in [0.1, 0.15) is 5.69 Å². The van der Waals surface area contributed by atoms with Gasteiger partial charge in [0.25, 0.3) is 5.91 Å². The predicted octanol–water partition coefficient (Wildman–Crippen LogP) is 4.13. The zero-order chi connectivity index (χ0) is 21.1. The van der Waals surface area contributed by atoms with Crippen LogP contribution in [0.25, 0.3) is 33.3 Å². The van der Waals surface area contributed by atoms with Crippen LogP contribution in [-0.2, 0) is 0 Å². The first-order valence-corrected chi connectivity index (χ1v) is 9.31. The Bertz CT molecular complexity index is 1210. The highest BCUT2D eigenvalue weighted by atomic mass is 16.5. The molecule has 4 rings (SSSR count). The Balaban J connectivity index is 1.83. The van der Waals surface area contributed by atoms with Crippen molar-refractivity contribution in [2.24, 2.45) is 0 Å². The molecule has 30 heavy (non-hydrogen) atoms. The van der Waals surface area contributed by atoms with E-state index in [0.29, 0.717) is 16.6 Å². The van der Waals surface area contributed by atoms with Gasteiger partial charge in [0.15, 0.2) is 5.75 Å². The molecule has 0 saturated carbocycles. The molecule has 0 saturated heterocycles. The van der Waals surface area contributed by atoms with Crippen molar-refractivity contribution in [2.75, 3.05) is 19.5 Å². The quantitative estimate of drug-likeness (QED) is 0.344. The average Bonchev–Trinajstić information content (AvgIpc) is 2.82. The highest BCUT2D eigenvalue weighted by molar-refractivity contribution is 6.09. The van der Waals surface area contributed by atoms with Crippen molar-refractivity contribution in [1.29, 1.82) is 0 Å². The molecule has 0 aliphatic rings. The number of hydrogen-bond acceptors (Lipinski definition) is 6. The maximum Gasteiger partial charge on any atom is 0.279 e. The maximum absolute atomic E-state index is 12.4. The van der Waals surface area contributed by atoms with Crippen LogP contribution in [0.2, 0.25) is 0 Å². The SMILES string of the molecule is CNc1ccc(-c2ccc(-c3nc4ccncc4c(C(=O)NO)c3OC)cc2)cc1. The lowest BCUT2D eigenvalue weighted by molar-refractivity contribution is 0.0705. The molecule has 3 N–H and O–H groups in total. The second-order valence-corrected chi connectivity index (χ2v) is 6.61. The fraction of sp³-hybridized carbons (Fsp3) is 0.0870. The van der Waals surface area contributed by atoms with E-state index in [4.69, 9.17) is 4.74 Å². The molecule has 7 heteroatoms. The number of benzene rings is 2. The number of rotatable bonds is 5. The van der Waals surface area contributed by atoms with Crippen molar-refractivity contribution in [3.63, 3.8) is 0 Å². The zero-order valence-corrected chi connectivity index (χ0v) is 16.5. The van der Waals surface area contributed by atoms with Crippen LogP contribution in [0.4, 0.5) is 5.69 Å². The number of amides is 1. The third-order valence-corrected chi connectivity index (χ3v) is 4.94. The highest BCUT2D eigenvalue weighted by Gasteiger charge is 2.22. The van der Waals surface area contributed by atoms with Crippen molar-refractivity contribution in [3.05, 3.63) is 72.6 Å². The lowest BCUT2D eigenvalue weighted by atomic mass is 9.99. The van der Waals surface area contributed by atoms with E-state index in [-0.39, 0.29) is 11.3 Å². The number of carbonyl (C=O) groups excluding carboxylic acids is 1. The van der Waals surface area contributed by atoms with E-state index in [1.807, 2.05) is 55.6 Å². The average molecular weight is 400 g/mol. The zero-order valence-electron chi connectivity index (χ0n) is 16.5. The summed E-state index contributed by atoms with van der Waals surface area (Å²) in [6, 6.07) is 17.7. The summed E-state index contributed by atoms with van der Waals surface area (Å²) >= 11 is 0. The first-order chi connectivity index (χ1) is 14.7. The molecule has 0 spiro atoms. The molecule has 0 bridgehead atoms. The largest absolute Gasteiger partial charge is 0.494 e. The van der Waals surface area contributed by atoms with Crippen LogP contribution in [0, 0.1) is 0 Å². The summed E-state index contributed by atoms with van der Waals surface area (Å²) in [5, 5.41) is 12.8. The van der Waals surface area contributed by atoms with Crippen LogP contribution in [-0.4, -0.2) is 35.2 Å². The minimum absolute atomic E-state index is 0.180. The first-order valence-electron chi connectivity index (χ1n) is 9.31. The molecule has 1 amide bonds. The Kier molecular flexibility index (Phi) is 5.28. The monoisotopic (exact) mass is 400 g/mol. The Labute approximate surface area is 173 Å². The summed E-state index contributed by atoms with van der Waals surface area (Å²) < 4.78 is 5.53. The first kappa shape index (κ1) is 19.4. The molecule has 7 nitrogen and oxygen atoms in total. The van der Waals surface area contributed by atoms with Crippen LogP contribution in [0.15, 0.2) is 67.0 Å². The lowest BCUT2D eigenvalue weighted by Crippen LogP contribution is -2.20. The molecule has 150 valence electrons. The molecular formula is C23H20N4O3. The number of aromatic nitrogens is 2. The standard InChI is InChI=1S/C23H20N4O3/c1-24-17-9-7-15(8-10-17)14-3-5-16(6-4-14)21-22(30-2)20(23(28)27-29)18-13-25-12-11-19(18)26-21/h3-13,24,29H,1-2H3,(H,27,28). The van der Waals surface area contributed by atoms with E-state index in [2.05, 4.69) is 15.3 Å². The van der Waals surface area contributed by atoms with Crippen LogP contribution in [0.1, 0.15) is 10.4 Å². The summed E-state index contributed by atoms with van der Waals surface area (Å²) in [7, 11) is 3.35. The van der Waals surface area contributed by atoms with Gasteiger partial charge in [-0.25, -0.2) is 10.5 Å². The van der Waals surface area contributed by atoms with Crippen molar-refractivity contribution in [1.82, 2.24) is 15.4 Å².